The number of hydrogen-bond acceptors (Lipinski definition) is 1. The zero-order valence-corrected chi connectivity index (χ0v) is 11.9. The van der Waals surface area contributed by atoms with Gasteiger partial charge in [-0.15, -0.1) is 0 Å². The lowest BCUT2D eigenvalue weighted by Crippen LogP contribution is -2.34. The molecule has 3 saturated carbocycles. The molecule has 0 heterocycles. The van der Waals surface area contributed by atoms with Crippen LogP contribution in [0.2, 0.25) is 0 Å². The largest absolute Gasteiger partial charge is 0.286 e. The van der Waals surface area contributed by atoms with E-state index in [1.165, 1.54) is 51.0 Å². The fraction of sp³-hybridized carbons (Fsp3) is 0.611. The molecule has 4 unspecified atom stereocenters. The Labute approximate surface area is 120 Å². The maximum Gasteiger partial charge on any atom is 0.123 e. The summed E-state index contributed by atoms with van der Waals surface area (Å²) in [6.45, 7) is 0. The van der Waals surface area contributed by atoms with Gasteiger partial charge >= 0.3 is 0 Å². The van der Waals surface area contributed by atoms with Gasteiger partial charge in [0, 0.05) is 6.21 Å². The van der Waals surface area contributed by atoms with E-state index in [4.69, 9.17) is 4.99 Å². The second kappa shape index (κ2) is 4.68. The summed E-state index contributed by atoms with van der Waals surface area (Å²) >= 11 is 0. The highest BCUT2D eigenvalue weighted by Crippen LogP contribution is 2.56. The van der Waals surface area contributed by atoms with Crippen molar-refractivity contribution in [2.24, 2.45) is 22.7 Å². The van der Waals surface area contributed by atoms with E-state index < -0.39 is 0 Å². The quantitative estimate of drug-likeness (QED) is 0.697. The van der Waals surface area contributed by atoms with E-state index in [9.17, 15) is 4.39 Å². The number of aliphatic imine (C=N–C) groups is 1. The molecule has 3 aliphatic carbocycles. The van der Waals surface area contributed by atoms with E-state index in [0.717, 1.165) is 23.3 Å². The van der Waals surface area contributed by atoms with Crippen LogP contribution in [0.4, 0.5) is 4.39 Å². The van der Waals surface area contributed by atoms with Crippen molar-refractivity contribution >= 4 is 6.21 Å². The second-order valence-corrected chi connectivity index (χ2v) is 7.20. The lowest BCUT2D eigenvalue weighted by atomic mass is 9.74. The Morgan fingerprint density at radius 3 is 3.00 bits per heavy atom. The predicted octanol–water partition coefficient (Wildman–Crippen LogP) is 4.60. The average Bonchev–Trinajstić information content (AvgIpc) is 2.64. The normalized spacial score (nSPS) is 39.4. The molecular formula is C18H22FN. The molecule has 3 bridgehead atoms. The number of fused-ring (bicyclic) bond motifs is 2. The van der Waals surface area contributed by atoms with Crippen molar-refractivity contribution in [2.45, 2.75) is 50.5 Å². The first kappa shape index (κ1) is 12.6. The van der Waals surface area contributed by atoms with Gasteiger partial charge in [-0.1, -0.05) is 25.0 Å². The van der Waals surface area contributed by atoms with Gasteiger partial charge in [-0.2, -0.15) is 0 Å². The van der Waals surface area contributed by atoms with Gasteiger partial charge in [0.05, 0.1) is 5.54 Å². The highest BCUT2D eigenvalue weighted by Gasteiger charge is 2.49. The Morgan fingerprint density at radius 1 is 1.20 bits per heavy atom. The summed E-state index contributed by atoms with van der Waals surface area (Å²) in [5.74, 6) is 2.63. The van der Waals surface area contributed by atoms with Crippen LogP contribution in [-0.4, -0.2) is 11.8 Å². The molecule has 106 valence electrons. The predicted molar refractivity (Wildman–Crippen MR) is 79.5 cm³/mol. The van der Waals surface area contributed by atoms with Crippen LogP contribution in [0.1, 0.15) is 50.5 Å². The van der Waals surface area contributed by atoms with Crippen LogP contribution in [0.25, 0.3) is 0 Å². The van der Waals surface area contributed by atoms with Gasteiger partial charge in [-0.25, -0.2) is 4.39 Å². The third kappa shape index (κ3) is 2.19. The standard InChI is InChI=1S/C18H22FN/c19-17-5-1-3-13(9-17)12-20-18-6-2-4-15-7-14(10-18)8-16(15)11-18/h1,3,5,9,12,14-16H,2,4,6-8,10-11H2. The van der Waals surface area contributed by atoms with Crippen molar-refractivity contribution in [3.8, 4) is 0 Å². The Morgan fingerprint density at radius 2 is 2.10 bits per heavy atom. The molecule has 0 radical (unpaired) electrons. The highest BCUT2D eigenvalue weighted by molar-refractivity contribution is 5.79. The second-order valence-electron chi connectivity index (χ2n) is 7.20. The number of rotatable bonds is 2. The van der Waals surface area contributed by atoms with Crippen LogP contribution < -0.4 is 0 Å². The minimum Gasteiger partial charge on any atom is -0.286 e. The van der Waals surface area contributed by atoms with Crippen molar-refractivity contribution in [3.63, 3.8) is 0 Å². The van der Waals surface area contributed by atoms with Crippen molar-refractivity contribution in [1.29, 1.82) is 0 Å². The third-order valence-electron chi connectivity index (χ3n) is 5.80. The van der Waals surface area contributed by atoms with Crippen LogP contribution >= 0.6 is 0 Å². The van der Waals surface area contributed by atoms with Crippen LogP contribution in [-0.2, 0) is 0 Å². The fourth-order valence-corrected chi connectivity index (χ4v) is 5.08. The molecule has 1 nitrogen and oxygen atoms in total. The SMILES string of the molecule is Fc1cccc(C=NC23CCCC4CC(CC4C2)C3)c1. The molecule has 2 heteroatoms. The minimum absolute atomic E-state index is 0.170. The van der Waals surface area contributed by atoms with E-state index in [1.807, 2.05) is 12.3 Å². The monoisotopic (exact) mass is 271 g/mol. The maximum atomic E-state index is 13.3. The first-order chi connectivity index (χ1) is 9.72. The third-order valence-corrected chi connectivity index (χ3v) is 5.80. The van der Waals surface area contributed by atoms with Crippen LogP contribution in [0.3, 0.4) is 0 Å². The molecule has 0 amide bonds. The number of benzene rings is 1. The molecule has 0 aliphatic heterocycles. The molecule has 1 aromatic carbocycles. The van der Waals surface area contributed by atoms with Crippen LogP contribution in [0, 0.1) is 23.6 Å². The van der Waals surface area contributed by atoms with Crippen molar-refractivity contribution in [2.75, 3.05) is 0 Å². The highest BCUT2D eigenvalue weighted by atomic mass is 19.1. The van der Waals surface area contributed by atoms with E-state index in [0.29, 0.717) is 0 Å². The molecule has 20 heavy (non-hydrogen) atoms. The molecule has 4 rings (SSSR count). The maximum absolute atomic E-state index is 13.3. The first-order valence-corrected chi connectivity index (χ1v) is 8.03. The lowest BCUT2D eigenvalue weighted by Gasteiger charge is -2.37. The Kier molecular flexibility index (Phi) is 2.94. The number of hydrogen-bond donors (Lipinski definition) is 0. The van der Waals surface area contributed by atoms with Gasteiger partial charge in [0.2, 0.25) is 0 Å². The summed E-state index contributed by atoms with van der Waals surface area (Å²) in [5, 5.41) is 0. The molecular weight excluding hydrogens is 249 g/mol. The van der Waals surface area contributed by atoms with Crippen LogP contribution in [0.5, 0.6) is 0 Å². The summed E-state index contributed by atoms with van der Waals surface area (Å²) in [7, 11) is 0. The van der Waals surface area contributed by atoms with Gasteiger partial charge in [0.25, 0.3) is 0 Å². The summed E-state index contributed by atoms with van der Waals surface area (Å²) < 4.78 is 13.3. The van der Waals surface area contributed by atoms with Gasteiger partial charge in [-0.3, -0.25) is 4.99 Å². The molecule has 1 aromatic rings. The summed E-state index contributed by atoms with van der Waals surface area (Å²) in [6, 6.07) is 6.78. The minimum atomic E-state index is -0.170. The smallest absolute Gasteiger partial charge is 0.123 e. The topological polar surface area (TPSA) is 12.4 Å². The van der Waals surface area contributed by atoms with E-state index in [1.54, 1.807) is 12.1 Å². The zero-order chi connectivity index (χ0) is 13.6. The Bertz CT molecular complexity index is 538. The molecule has 0 aromatic heterocycles. The fourth-order valence-electron chi connectivity index (χ4n) is 5.08. The zero-order valence-electron chi connectivity index (χ0n) is 11.9. The molecule has 0 saturated heterocycles. The van der Waals surface area contributed by atoms with E-state index >= 15 is 0 Å². The van der Waals surface area contributed by atoms with Gasteiger partial charge in [0.1, 0.15) is 5.82 Å². The molecule has 0 N–H and O–H groups in total. The van der Waals surface area contributed by atoms with Gasteiger partial charge < -0.3 is 0 Å². The van der Waals surface area contributed by atoms with Crippen molar-refractivity contribution in [3.05, 3.63) is 35.6 Å². The number of halogens is 1. The molecule has 3 fully saturated rings. The summed E-state index contributed by atoms with van der Waals surface area (Å²) in [4.78, 5) is 4.99. The molecule has 0 spiro atoms. The van der Waals surface area contributed by atoms with E-state index in [2.05, 4.69) is 0 Å². The Hall–Kier alpha value is -1.18. The van der Waals surface area contributed by atoms with Crippen LogP contribution in [0.15, 0.2) is 29.3 Å². The number of nitrogens with zero attached hydrogens (tertiary/aromatic N) is 1. The van der Waals surface area contributed by atoms with Crippen molar-refractivity contribution in [1.82, 2.24) is 0 Å². The first-order valence-electron chi connectivity index (χ1n) is 8.03. The van der Waals surface area contributed by atoms with Gasteiger partial charge in [-0.05, 0) is 67.6 Å². The van der Waals surface area contributed by atoms with Gasteiger partial charge in [0.15, 0.2) is 0 Å². The Balaban J connectivity index is 1.60. The van der Waals surface area contributed by atoms with E-state index in [-0.39, 0.29) is 11.4 Å². The molecule has 4 atom stereocenters. The summed E-state index contributed by atoms with van der Waals surface area (Å²) in [6.07, 6.45) is 11.3. The molecule has 3 aliphatic rings. The average molecular weight is 271 g/mol. The summed E-state index contributed by atoms with van der Waals surface area (Å²) in [5.41, 5.74) is 1.07. The lowest BCUT2D eigenvalue weighted by molar-refractivity contribution is 0.214. The van der Waals surface area contributed by atoms with Crippen molar-refractivity contribution < 1.29 is 4.39 Å².